The summed E-state index contributed by atoms with van der Waals surface area (Å²) in [7, 11) is 0. The molecule has 2 amide bonds. The highest BCUT2D eigenvalue weighted by Crippen LogP contribution is 2.19. The zero-order chi connectivity index (χ0) is 17.1. The van der Waals surface area contributed by atoms with Crippen molar-refractivity contribution in [3.05, 3.63) is 42.5 Å². The third kappa shape index (κ3) is 3.57. The Balaban J connectivity index is 1.62. The van der Waals surface area contributed by atoms with Crippen LogP contribution in [0.4, 0.5) is 5.69 Å². The van der Waals surface area contributed by atoms with Crippen molar-refractivity contribution in [2.45, 2.75) is 25.8 Å². The van der Waals surface area contributed by atoms with Gasteiger partial charge in [0.1, 0.15) is 0 Å². The number of amides is 2. The third-order valence-corrected chi connectivity index (χ3v) is 5.05. The standard InChI is InChI=1S/C19H23N3O2/c1-13(22-10-8-15(9-11-22)18(20)23)19(24)21-17-7-6-14-4-2-3-5-16(14)12-17/h2-7,12-13,15H,8-11H2,1H3,(H2,20,23)(H,21,24)/p+1/t13-/m0/s1. The Labute approximate surface area is 141 Å². The molecule has 1 heterocycles. The minimum atomic E-state index is -0.220. The molecule has 5 heteroatoms. The number of hydrogen-bond donors (Lipinski definition) is 3. The number of quaternary nitrogens is 1. The van der Waals surface area contributed by atoms with Gasteiger partial charge < -0.3 is 16.0 Å². The summed E-state index contributed by atoms with van der Waals surface area (Å²) in [5.74, 6) is -0.246. The molecule has 1 aliphatic rings. The lowest BCUT2D eigenvalue weighted by molar-refractivity contribution is -0.919. The van der Waals surface area contributed by atoms with Crippen LogP contribution in [-0.4, -0.2) is 30.9 Å². The molecule has 0 unspecified atom stereocenters. The average molecular weight is 326 g/mol. The van der Waals surface area contributed by atoms with Crippen molar-refractivity contribution in [2.75, 3.05) is 18.4 Å². The number of fused-ring (bicyclic) bond motifs is 1. The minimum Gasteiger partial charge on any atom is -0.369 e. The van der Waals surface area contributed by atoms with E-state index in [1.807, 2.05) is 43.3 Å². The van der Waals surface area contributed by atoms with Crippen LogP contribution in [0.1, 0.15) is 19.8 Å². The van der Waals surface area contributed by atoms with Gasteiger partial charge in [0.2, 0.25) is 5.91 Å². The van der Waals surface area contributed by atoms with E-state index in [0.717, 1.165) is 42.4 Å². The van der Waals surface area contributed by atoms with E-state index in [4.69, 9.17) is 5.73 Å². The Morgan fingerprint density at radius 1 is 1.12 bits per heavy atom. The van der Waals surface area contributed by atoms with Gasteiger partial charge in [-0.05, 0) is 29.8 Å². The number of carbonyl (C=O) groups is 2. The first-order valence-corrected chi connectivity index (χ1v) is 8.48. The SMILES string of the molecule is C[C@@H](C(=O)Nc1ccc2ccccc2c1)[NH+]1CCC(C(N)=O)CC1. The van der Waals surface area contributed by atoms with Gasteiger partial charge in [-0.1, -0.05) is 30.3 Å². The summed E-state index contributed by atoms with van der Waals surface area (Å²) in [5, 5.41) is 5.28. The van der Waals surface area contributed by atoms with E-state index in [0.29, 0.717) is 0 Å². The molecule has 0 spiro atoms. The summed E-state index contributed by atoms with van der Waals surface area (Å²) >= 11 is 0. The highest BCUT2D eigenvalue weighted by atomic mass is 16.2. The number of anilines is 1. The Morgan fingerprint density at radius 3 is 2.46 bits per heavy atom. The maximum Gasteiger partial charge on any atom is 0.282 e. The average Bonchev–Trinajstić information content (AvgIpc) is 2.61. The molecule has 1 aliphatic heterocycles. The number of primary amides is 1. The fourth-order valence-corrected chi connectivity index (χ4v) is 3.41. The first-order valence-electron chi connectivity index (χ1n) is 8.48. The maximum absolute atomic E-state index is 12.5. The number of likely N-dealkylation sites (tertiary alicyclic amines) is 1. The molecule has 4 N–H and O–H groups in total. The van der Waals surface area contributed by atoms with Crippen LogP contribution in [0.15, 0.2) is 42.5 Å². The smallest absolute Gasteiger partial charge is 0.282 e. The summed E-state index contributed by atoms with van der Waals surface area (Å²) in [6.07, 6.45) is 1.52. The van der Waals surface area contributed by atoms with Crippen molar-refractivity contribution in [1.29, 1.82) is 0 Å². The number of nitrogens with one attached hydrogen (secondary N) is 2. The molecule has 1 saturated heterocycles. The molecule has 1 fully saturated rings. The third-order valence-electron chi connectivity index (χ3n) is 5.05. The first kappa shape index (κ1) is 16.5. The predicted octanol–water partition coefficient (Wildman–Crippen LogP) is 0.947. The summed E-state index contributed by atoms with van der Waals surface area (Å²) < 4.78 is 0. The zero-order valence-electron chi connectivity index (χ0n) is 13.9. The van der Waals surface area contributed by atoms with Gasteiger partial charge in [-0.2, -0.15) is 0 Å². The van der Waals surface area contributed by atoms with Gasteiger partial charge in [0.05, 0.1) is 13.1 Å². The lowest BCUT2D eigenvalue weighted by atomic mass is 9.95. The van der Waals surface area contributed by atoms with Crippen LogP contribution < -0.4 is 16.0 Å². The van der Waals surface area contributed by atoms with E-state index >= 15 is 0 Å². The molecule has 0 radical (unpaired) electrons. The van der Waals surface area contributed by atoms with Gasteiger partial charge in [-0.15, -0.1) is 0 Å². The Bertz CT molecular complexity index is 751. The number of carbonyl (C=O) groups excluding carboxylic acids is 2. The molecular weight excluding hydrogens is 302 g/mol. The number of benzene rings is 2. The lowest BCUT2D eigenvalue weighted by Crippen LogP contribution is -3.17. The van der Waals surface area contributed by atoms with Crippen LogP contribution in [0.25, 0.3) is 10.8 Å². The summed E-state index contributed by atoms with van der Waals surface area (Å²) in [6, 6.07) is 13.9. The second-order valence-electron chi connectivity index (χ2n) is 6.61. The Kier molecular flexibility index (Phi) is 4.81. The topological polar surface area (TPSA) is 76.6 Å². The molecule has 126 valence electrons. The summed E-state index contributed by atoms with van der Waals surface area (Å²) in [4.78, 5) is 25.0. The minimum absolute atomic E-state index is 0.0119. The van der Waals surface area contributed by atoms with Crippen molar-refractivity contribution < 1.29 is 14.5 Å². The first-order chi connectivity index (χ1) is 11.5. The largest absolute Gasteiger partial charge is 0.369 e. The maximum atomic E-state index is 12.5. The second kappa shape index (κ2) is 7.01. The zero-order valence-corrected chi connectivity index (χ0v) is 13.9. The quantitative estimate of drug-likeness (QED) is 0.782. The summed E-state index contributed by atoms with van der Waals surface area (Å²) in [6.45, 7) is 3.55. The Morgan fingerprint density at radius 2 is 1.79 bits per heavy atom. The molecule has 2 aromatic rings. The fourth-order valence-electron chi connectivity index (χ4n) is 3.41. The van der Waals surface area contributed by atoms with Crippen LogP contribution in [0.3, 0.4) is 0 Å². The van der Waals surface area contributed by atoms with Crippen molar-refractivity contribution in [3.8, 4) is 0 Å². The van der Waals surface area contributed by atoms with Gasteiger partial charge in [0.15, 0.2) is 6.04 Å². The van der Waals surface area contributed by atoms with Crippen molar-refractivity contribution in [1.82, 2.24) is 0 Å². The molecule has 3 rings (SSSR count). The molecule has 2 aromatic carbocycles. The summed E-state index contributed by atoms with van der Waals surface area (Å²) in [5.41, 5.74) is 6.19. The molecule has 0 aromatic heterocycles. The molecule has 5 nitrogen and oxygen atoms in total. The molecule has 0 aliphatic carbocycles. The highest BCUT2D eigenvalue weighted by molar-refractivity contribution is 5.96. The second-order valence-corrected chi connectivity index (χ2v) is 6.61. The number of piperidine rings is 1. The molecule has 0 saturated carbocycles. The van der Waals surface area contributed by atoms with E-state index in [-0.39, 0.29) is 23.8 Å². The van der Waals surface area contributed by atoms with E-state index in [2.05, 4.69) is 11.4 Å². The van der Waals surface area contributed by atoms with E-state index in [1.165, 1.54) is 4.90 Å². The fraction of sp³-hybridized carbons (Fsp3) is 0.368. The Hall–Kier alpha value is -2.40. The lowest BCUT2D eigenvalue weighted by Gasteiger charge is -2.31. The van der Waals surface area contributed by atoms with Gasteiger partial charge in [-0.25, -0.2) is 0 Å². The van der Waals surface area contributed by atoms with E-state index in [1.54, 1.807) is 0 Å². The molecule has 24 heavy (non-hydrogen) atoms. The molecule has 0 bridgehead atoms. The normalized spacial score (nSPS) is 22.0. The number of hydrogen-bond acceptors (Lipinski definition) is 2. The van der Waals surface area contributed by atoms with Crippen LogP contribution >= 0.6 is 0 Å². The highest BCUT2D eigenvalue weighted by Gasteiger charge is 2.31. The van der Waals surface area contributed by atoms with Gasteiger partial charge in [-0.3, -0.25) is 9.59 Å². The van der Waals surface area contributed by atoms with Gasteiger partial charge in [0.25, 0.3) is 5.91 Å². The molecule has 1 atom stereocenters. The van der Waals surface area contributed by atoms with Gasteiger partial charge >= 0.3 is 0 Å². The van der Waals surface area contributed by atoms with Crippen molar-refractivity contribution in [2.24, 2.45) is 11.7 Å². The van der Waals surface area contributed by atoms with E-state index < -0.39 is 0 Å². The van der Waals surface area contributed by atoms with Crippen LogP contribution in [-0.2, 0) is 9.59 Å². The van der Waals surface area contributed by atoms with Gasteiger partial charge in [0, 0.05) is 24.4 Å². The van der Waals surface area contributed by atoms with E-state index in [9.17, 15) is 9.59 Å². The monoisotopic (exact) mass is 326 g/mol. The number of nitrogens with two attached hydrogens (primary N) is 1. The van der Waals surface area contributed by atoms with Crippen molar-refractivity contribution in [3.63, 3.8) is 0 Å². The molecular formula is C19H24N3O2+. The number of rotatable bonds is 4. The predicted molar refractivity (Wildman–Crippen MR) is 94.7 cm³/mol. The van der Waals surface area contributed by atoms with Crippen LogP contribution in [0.2, 0.25) is 0 Å². The van der Waals surface area contributed by atoms with Crippen LogP contribution in [0, 0.1) is 5.92 Å². The van der Waals surface area contributed by atoms with Crippen LogP contribution in [0.5, 0.6) is 0 Å². The van der Waals surface area contributed by atoms with Crippen molar-refractivity contribution >= 4 is 28.3 Å².